The third-order valence-corrected chi connectivity index (χ3v) is 3.04. The van der Waals surface area contributed by atoms with Crippen LogP contribution in [-0.2, 0) is 0 Å². The van der Waals surface area contributed by atoms with Crippen LogP contribution in [0.15, 0.2) is 30.3 Å². The molecule has 2 rings (SSSR count). The number of hydrogen-bond donors (Lipinski definition) is 0. The Kier molecular flexibility index (Phi) is 3.43. The molecule has 1 aromatic carbocycles. The van der Waals surface area contributed by atoms with Gasteiger partial charge in [-0.25, -0.2) is 0 Å². The number of halogens is 1. The van der Waals surface area contributed by atoms with Crippen molar-refractivity contribution in [2.75, 3.05) is 6.61 Å². The van der Waals surface area contributed by atoms with Crippen molar-refractivity contribution in [3.8, 4) is 11.4 Å². The second kappa shape index (κ2) is 4.84. The molecule has 0 atom stereocenters. The Bertz CT molecular complexity index is 512. The third-order valence-electron chi connectivity index (χ3n) is 2.74. The lowest BCUT2D eigenvalue weighted by atomic mass is 10.3. The minimum absolute atomic E-state index is 0.650. The Hall–Kier alpha value is -1.41. The highest BCUT2D eigenvalue weighted by Gasteiger charge is 2.08. The van der Waals surface area contributed by atoms with E-state index in [1.807, 2.05) is 25.1 Å². The number of aromatic nitrogens is 1. The summed E-state index contributed by atoms with van der Waals surface area (Å²) in [6.07, 6.45) is 0. The van der Waals surface area contributed by atoms with E-state index in [0.29, 0.717) is 11.6 Å². The zero-order valence-corrected chi connectivity index (χ0v) is 11.1. The summed E-state index contributed by atoms with van der Waals surface area (Å²) in [7, 11) is 0. The first-order valence-corrected chi connectivity index (χ1v) is 6.09. The molecule has 0 saturated carbocycles. The number of rotatable bonds is 3. The molecule has 0 spiro atoms. The maximum atomic E-state index is 6.30. The second-order valence-electron chi connectivity index (χ2n) is 4.00. The van der Waals surface area contributed by atoms with E-state index >= 15 is 0 Å². The molecule has 1 aromatic heterocycles. The second-order valence-corrected chi connectivity index (χ2v) is 4.40. The van der Waals surface area contributed by atoms with Crippen LogP contribution in [0.2, 0.25) is 5.02 Å². The molecule has 0 radical (unpaired) electrons. The highest BCUT2D eigenvalue weighted by atomic mass is 35.5. The average molecular weight is 250 g/mol. The van der Waals surface area contributed by atoms with E-state index in [2.05, 4.69) is 30.5 Å². The molecule has 1 heterocycles. The smallest absolute Gasteiger partial charge is 0.120 e. The average Bonchev–Trinajstić information content (AvgIpc) is 2.60. The van der Waals surface area contributed by atoms with E-state index in [1.165, 1.54) is 11.4 Å². The van der Waals surface area contributed by atoms with Gasteiger partial charge in [-0.3, -0.25) is 0 Å². The van der Waals surface area contributed by atoms with Crippen LogP contribution in [-0.4, -0.2) is 11.2 Å². The van der Waals surface area contributed by atoms with Crippen molar-refractivity contribution in [1.82, 2.24) is 4.57 Å². The van der Waals surface area contributed by atoms with E-state index in [1.54, 1.807) is 0 Å². The number of hydrogen-bond acceptors (Lipinski definition) is 1. The molecule has 90 valence electrons. The fraction of sp³-hybridized carbons (Fsp3) is 0.286. The number of aryl methyl sites for hydroxylation is 2. The Morgan fingerprint density at radius 3 is 2.29 bits per heavy atom. The zero-order valence-electron chi connectivity index (χ0n) is 10.3. The normalized spacial score (nSPS) is 10.6. The molecule has 0 aliphatic heterocycles. The molecular formula is C14H16ClNO. The summed E-state index contributed by atoms with van der Waals surface area (Å²) in [5, 5.41) is 0.707. The summed E-state index contributed by atoms with van der Waals surface area (Å²) >= 11 is 6.30. The summed E-state index contributed by atoms with van der Waals surface area (Å²) in [5.41, 5.74) is 3.34. The van der Waals surface area contributed by atoms with Crippen LogP contribution >= 0.6 is 11.6 Å². The molecule has 0 bridgehead atoms. The number of ether oxygens (including phenoxy) is 1. The van der Waals surface area contributed by atoms with Crippen molar-refractivity contribution in [2.24, 2.45) is 0 Å². The van der Waals surface area contributed by atoms with E-state index < -0.39 is 0 Å². The van der Waals surface area contributed by atoms with Crippen LogP contribution in [0.3, 0.4) is 0 Å². The highest BCUT2D eigenvalue weighted by Crippen LogP contribution is 2.28. The van der Waals surface area contributed by atoms with Crippen LogP contribution in [0, 0.1) is 13.8 Å². The maximum Gasteiger partial charge on any atom is 0.120 e. The fourth-order valence-corrected chi connectivity index (χ4v) is 2.23. The van der Waals surface area contributed by atoms with Gasteiger partial charge in [0.05, 0.1) is 17.3 Å². The van der Waals surface area contributed by atoms with Crippen molar-refractivity contribution in [3.05, 3.63) is 46.7 Å². The highest BCUT2D eigenvalue weighted by molar-refractivity contribution is 6.32. The lowest BCUT2D eigenvalue weighted by Crippen LogP contribution is -2.00. The van der Waals surface area contributed by atoms with Gasteiger partial charge in [0.2, 0.25) is 0 Å². The molecule has 0 saturated heterocycles. The van der Waals surface area contributed by atoms with Gasteiger partial charge >= 0.3 is 0 Å². The summed E-state index contributed by atoms with van der Waals surface area (Å²) < 4.78 is 7.56. The van der Waals surface area contributed by atoms with E-state index in [-0.39, 0.29) is 0 Å². The van der Waals surface area contributed by atoms with Crippen LogP contribution in [0.1, 0.15) is 18.3 Å². The summed E-state index contributed by atoms with van der Waals surface area (Å²) in [4.78, 5) is 0. The van der Waals surface area contributed by atoms with Gasteiger partial charge in [-0.2, -0.15) is 0 Å². The van der Waals surface area contributed by atoms with Crippen molar-refractivity contribution in [2.45, 2.75) is 20.8 Å². The minimum Gasteiger partial charge on any atom is -0.494 e. The Morgan fingerprint density at radius 1 is 1.12 bits per heavy atom. The Labute approximate surface area is 107 Å². The summed E-state index contributed by atoms with van der Waals surface area (Å²) in [5.74, 6) is 0.809. The zero-order chi connectivity index (χ0) is 12.4. The molecule has 3 heteroatoms. The van der Waals surface area contributed by atoms with Gasteiger partial charge in [0.1, 0.15) is 5.75 Å². The monoisotopic (exact) mass is 249 g/mol. The Morgan fingerprint density at radius 2 is 1.76 bits per heavy atom. The molecule has 0 aliphatic carbocycles. The molecule has 0 fully saturated rings. The fourth-order valence-electron chi connectivity index (χ4n) is 1.97. The number of benzene rings is 1. The standard InChI is InChI=1S/C14H16ClNO/c1-4-17-12-7-8-14(13(15)9-12)16-10(2)5-6-11(16)3/h5-9H,4H2,1-3H3. The molecule has 0 aliphatic rings. The largest absolute Gasteiger partial charge is 0.494 e. The first-order valence-electron chi connectivity index (χ1n) is 5.71. The van der Waals surface area contributed by atoms with E-state index in [0.717, 1.165) is 11.4 Å². The molecule has 17 heavy (non-hydrogen) atoms. The quantitative estimate of drug-likeness (QED) is 0.797. The minimum atomic E-state index is 0.650. The lowest BCUT2D eigenvalue weighted by Gasteiger charge is -2.12. The van der Waals surface area contributed by atoms with Crippen LogP contribution in [0.4, 0.5) is 0 Å². The van der Waals surface area contributed by atoms with Gasteiger partial charge in [-0.1, -0.05) is 11.6 Å². The van der Waals surface area contributed by atoms with Gasteiger partial charge in [0.25, 0.3) is 0 Å². The lowest BCUT2D eigenvalue weighted by molar-refractivity contribution is 0.340. The molecule has 0 unspecified atom stereocenters. The molecule has 2 aromatic rings. The molecule has 0 amide bonds. The first kappa shape index (κ1) is 12.1. The van der Waals surface area contributed by atoms with E-state index in [4.69, 9.17) is 16.3 Å². The number of nitrogens with zero attached hydrogens (tertiary/aromatic N) is 1. The topological polar surface area (TPSA) is 14.2 Å². The predicted molar refractivity (Wildman–Crippen MR) is 71.4 cm³/mol. The summed E-state index contributed by atoms with van der Waals surface area (Å²) in [6, 6.07) is 9.97. The molecule has 0 N–H and O–H groups in total. The van der Waals surface area contributed by atoms with Gasteiger partial charge in [0, 0.05) is 17.5 Å². The van der Waals surface area contributed by atoms with E-state index in [9.17, 15) is 0 Å². The van der Waals surface area contributed by atoms with Crippen molar-refractivity contribution < 1.29 is 4.74 Å². The van der Waals surface area contributed by atoms with Crippen LogP contribution in [0.25, 0.3) is 5.69 Å². The first-order chi connectivity index (χ1) is 8.13. The van der Waals surface area contributed by atoms with Crippen LogP contribution < -0.4 is 4.74 Å². The van der Waals surface area contributed by atoms with Crippen molar-refractivity contribution >= 4 is 11.6 Å². The Balaban J connectivity index is 2.47. The van der Waals surface area contributed by atoms with Gasteiger partial charge in [-0.15, -0.1) is 0 Å². The third kappa shape index (κ3) is 2.32. The van der Waals surface area contributed by atoms with Crippen LogP contribution in [0.5, 0.6) is 5.75 Å². The van der Waals surface area contributed by atoms with Gasteiger partial charge in [-0.05, 0) is 45.0 Å². The van der Waals surface area contributed by atoms with Crippen molar-refractivity contribution in [1.29, 1.82) is 0 Å². The van der Waals surface area contributed by atoms with Gasteiger partial charge < -0.3 is 9.30 Å². The summed E-state index contributed by atoms with van der Waals surface area (Å²) in [6.45, 7) is 6.75. The molecular weight excluding hydrogens is 234 g/mol. The van der Waals surface area contributed by atoms with Crippen molar-refractivity contribution in [3.63, 3.8) is 0 Å². The predicted octanol–water partition coefficient (Wildman–Crippen LogP) is 4.15. The molecule has 2 nitrogen and oxygen atoms in total. The maximum absolute atomic E-state index is 6.30. The van der Waals surface area contributed by atoms with Gasteiger partial charge in [0.15, 0.2) is 0 Å². The SMILES string of the molecule is CCOc1ccc(-n2c(C)ccc2C)c(Cl)c1.